The molecule has 6 heteroatoms. The van der Waals surface area contributed by atoms with Crippen LogP contribution in [0.25, 0.3) is 0 Å². The first-order chi connectivity index (χ1) is 9.96. The topological polar surface area (TPSA) is 75.8 Å². The van der Waals surface area contributed by atoms with Gasteiger partial charge in [0.05, 0.1) is 23.5 Å². The summed E-state index contributed by atoms with van der Waals surface area (Å²) in [6, 6.07) is 2.57. The van der Waals surface area contributed by atoms with E-state index < -0.39 is 17.3 Å². The molecule has 0 saturated carbocycles. The maximum absolute atomic E-state index is 13.9. The summed E-state index contributed by atoms with van der Waals surface area (Å²) in [5.74, 6) is -2.10. The number of rotatable bonds is 8. The molecule has 0 aliphatic rings. The number of hydrogen-bond acceptors (Lipinski definition) is 4. The molecule has 0 aliphatic heterocycles. The molecule has 0 aromatic heterocycles. The van der Waals surface area contributed by atoms with Crippen molar-refractivity contribution in [1.29, 1.82) is 0 Å². The van der Waals surface area contributed by atoms with Crippen molar-refractivity contribution in [3.8, 4) is 0 Å². The molecular formula is C15H23FN2O3. The van der Waals surface area contributed by atoms with Crippen molar-refractivity contribution in [2.45, 2.75) is 32.7 Å². The largest absolute Gasteiger partial charge is 0.478 e. The Kier molecular flexibility index (Phi) is 6.42. The summed E-state index contributed by atoms with van der Waals surface area (Å²) >= 11 is 0. The fourth-order valence-electron chi connectivity index (χ4n) is 2.41. The quantitative estimate of drug-likeness (QED) is 0.722. The monoisotopic (exact) mass is 298 g/mol. The molecule has 1 aromatic rings. The van der Waals surface area contributed by atoms with E-state index in [2.05, 4.69) is 0 Å². The number of halogens is 1. The normalized spacial score (nSPS) is 10.9. The second-order valence-corrected chi connectivity index (χ2v) is 4.85. The smallest absolute Gasteiger partial charge is 0.338 e. The first kappa shape index (κ1) is 17.2. The van der Waals surface area contributed by atoms with Crippen LogP contribution in [0.4, 0.5) is 15.8 Å². The lowest BCUT2D eigenvalue weighted by atomic mass is 10.1. The van der Waals surface area contributed by atoms with Crippen molar-refractivity contribution in [2.24, 2.45) is 0 Å². The van der Waals surface area contributed by atoms with Gasteiger partial charge in [-0.05, 0) is 18.9 Å². The minimum Gasteiger partial charge on any atom is -0.478 e. The maximum atomic E-state index is 13.9. The summed E-state index contributed by atoms with van der Waals surface area (Å²) in [6.45, 7) is 5.15. The number of carboxylic acids is 1. The van der Waals surface area contributed by atoms with E-state index in [0.29, 0.717) is 18.8 Å². The predicted octanol–water partition coefficient (Wildman–Crippen LogP) is 2.75. The number of nitrogen functional groups attached to an aromatic ring is 1. The third-order valence-electron chi connectivity index (χ3n) is 3.58. The fraction of sp³-hybridized carbons (Fsp3) is 0.533. The number of carbonyl (C=O) groups is 1. The molecule has 0 atom stereocenters. The predicted molar refractivity (Wildman–Crippen MR) is 81.4 cm³/mol. The van der Waals surface area contributed by atoms with E-state index in [1.807, 2.05) is 18.7 Å². The van der Waals surface area contributed by atoms with Gasteiger partial charge in [0.15, 0.2) is 0 Å². The molecule has 0 fully saturated rings. The molecule has 1 rings (SSSR count). The van der Waals surface area contributed by atoms with Crippen molar-refractivity contribution in [1.82, 2.24) is 0 Å². The van der Waals surface area contributed by atoms with Crippen LogP contribution in [0.2, 0.25) is 0 Å². The van der Waals surface area contributed by atoms with Gasteiger partial charge in [-0.3, -0.25) is 0 Å². The fourth-order valence-corrected chi connectivity index (χ4v) is 2.41. The summed E-state index contributed by atoms with van der Waals surface area (Å²) in [5, 5.41) is 8.93. The lowest BCUT2D eigenvalue weighted by molar-refractivity contribution is 0.0692. The minimum absolute atomic E-state index is 0.192. The molecule has 0 unspecified atom stereocenters. The van der Waals surface area contributed by atoms with Gasteiger partial charge in [0.1, 0.15) is 5.82 Å². The first-order valence-corrected chi connectivity index (χ1v) is 7.04. The number of nitrogens with zero attached hydrogens (tertiary/aromatic N) is 1. The molecule has 0 heterocycles. The third kappa shape index (κ3) is 4.07. The highest BCUT2D eigenvalue weighted by molar-refractivity contribution is 5.91. The third-order valence-corrected chi connectivity index (χ3v) is 3.58. The average Bonchev–Trinajstić information content (AvgIpc) is 2.45. The molecule has 0 radical (unpaired) electrons. The van der Waals surface area contributed by atoms with Crippen LogP contribution in [0, 0.1) is 5.82 Å². The molecule has 0 spiro atoms. The van der Waals surface area contributed by atoms with E-state index >= 15 is 0 Å². The molecule has 3 N–H and O–H groups in total. The lowest BCUT2D eigenvalue weighted by Crippen LogP contribution is -2.37. The van der Waals surface area contributed by atoms with Gasteiger partial charge in [0, 0.05) is 25.8 Å². The Morgan fingerprint density at radius 3 is 2.52 bits per heavy atom. The van der Waals surface area contributed by atoms with Gasteiger partial charge in [-0.2, -0.15) is 0 Å². The van der Waals surface area contributed by atoms with E-state index in [4.69, 9.17) is 15.6 Å². The minimum atomic E-state index is -1.32. The molecule has 1 aromatic carbocycles. The van der Waals surface area contributed by atoms with E-state index in [1.165, 1.54) is 12.1 Å². The van der Waals surface area contributed by atoms with Crippen LogP contribution >= 0.6 is 0 Å². The lowest BCUT2D eigenvalue weighted by Gasteiger charge is -2.33. The highest BCUT2D eigenvalue weighted by atomic mass is 19.1. The van der Waals surface area contributed by atoms with Gasteiger partial charge in [0.25, 0.3) is 0 Å². The van der Waals surface area contributed by atoms with Crippen LogP contribution < -0.4 is 10.6 Å². The first-order valence-electron chi connectivity index (χ1n) is 7.04. The highest BCUT2D eigenvalue weighted by Gasteiger charge is 2.21. The maximum Gasteiger partial charge on any atom is 0.338 e. The molecule has 118 valence electrons. The van der Waals surface area contributed by atoms with Crippen molar-refractivity contribution < 1.29 is 19.0 Å². The highest BCUT2D eigenvalue weighted by Crippen LogP contribution is 2.29. The van der Waals surface area contributed by atoms with Crippen LogP contribution in [-0.2, 0) is 4.74 Å². The Labute approximate surface area is 124 Å². The number of benzene rings is 1. The summed E-state index contributed by atoms with van der Waals surface area (Å²) < 4.78 is 19.0. The summed E-state index contributed by atoms with van der Waals surface area (Å²) in [5.41, 5.74) is 6.30. The molecule has 5 nitrogen and oxygen atoms in total. The van der Waals surface area contributed by atoms with Gasteiger partial charge >= 0.3 is 5.97 Å². The standard InChI is InChI=1S/C15H23FN2O3/c1-4-10(5-2)18(6-7-21-3)14-9-12(16)11(15(19)20)8-13(14)17/h8-10H,4-7,17H2,1-3H3,(H,19,20). The Balaban J connectivity index is 3.23. The van der Waals surface area contributed by atoms with E-state index in [-0.39, 0.29) is 11.7 Å². The van der Waals surface area contributed by atoms with Gasteiger partial charge in [-0.1, -0.05) is 13.8 Å². The zero-order valence-electron chi connectivity index (χ0n) is 12.7. The summed E-state index contributed by atoms with van der Waals surface area (Å²) in [6.07, 6.45) is 1.75. The Bertz CT molecular complexity index is 490. The van der Waals surface area contributed by atoms with Crippen LogP contribution in [0.1, 0.15) is 37.0 Å². The molecule has 0 amide bonds. The number of aromatic carboxylic acids is 1. The van der Waals surface area contributed by atoms with Gasteiger partial charge < -0.3 is 20.5 Å². The molecule has 0 saturated heterocycles. The molecule has 0 aliphatic carbocycles. The number of anilines is 2. The number of methoxy groups -OCH3 is 1. The van der Waals surface area contributed by atoms with Crippen molar-refractivity contribution >= 4 is 17.3 Å². The van der Waals surface area contributed by atoms with Crippen molar-refractivity contribution in [3.63, 3.8) is 0 Å². The van der Waals surface area contributed by atoms with Gasteiger partial charge in [-0.15, -0.1) is 0 Å². The average molecular weight is 298 g/mol. The summed E-state index contributed by atoms with van der Waals surface area (Å²) in [7, 11) is 1.60. The van der Waals surface area contributed by atoms with Gasteiger partial charge in [0.2, 0.25) is 0 Å². The molecule has 21 heavy (non-hydrogen) atoms. The zero-order chi connectivity index (χ0) is 16.0. The van der Waals surface area contributed by atoms with Crippen LogP contribution in [0.15, 0.2) is 12.1 Å². The van der Waals surface area contributed by atoms with Crippen molar-refractivity contribution in [3.05, 3.63) is 23.5 Å². The Morgan fingerprint density at radius 2 is 2.05 bits per heavy atom. The molecule has 0 bridgehead atoms. The van der Waals surface area contributed by atoms with Crippen LogP contribution in [0.5, 0.6) is 0 Å². The van der Waals surface area contributed by atoms with E-state index in [9.17, 15) is 9.18 Å². The number of hydrogen-bond donors (Lipinski definition) is 2. The number of carboxylic acid groups (broad SMARTS) is 1. The Morgan fingerprint density at radius 1 is 1.43 bits per heavy atom. The van der Waals surface area contributed by atoms with Crippen LogP contribution in [0.3, 0.4) is 0 Å². The van der Waals surface area contributed by atoms with E-state index in [1.54, 1.807) is 7.11 Å². The van der Waals surface area contributed by atoms with Gasteiger partial charge in [-0.25, -0.2) is 9.18 Å². The molecular weight excluding hydrogens is 275 g/mol. The Hall–Kier alpha value is -1.82. The number of nitrogens with two attached hydrogens (primary N) is 1. The van der Waals surface area contributed by atoms with Crippen LogP contribution in [-0.4, -0.2) is 37.4 Å². The van der Waals surface area contributed by atoms with Crippen molar-refractivity contribution in [2.75, 3.05) is 30.9 Å². The second-order valence-electron chi connectivity index (χ2n) is 4.85. The zero-order valence-corrected chi connectivity index (χ0v) is 12.7. The second kappa shape index (κ2) is 7.83. The summed E-state index contributed by atoms with van der Waals surface area (Å²) in [4.78, 5) is 12.9. The number of ether oxygens (including phenoxy) is 1. The SMILES string of the molecule is CCC(CC)N(CCOC)c1cc(F)c(C(=O)O)cc1N. The van der Waals surface area contributed by atoms with E-state index in [0.717, 1.165) is 12.8 Å².